The molecule has 1 atom stereocenters. The molecule has 0 unspecified atom stereocenters. The average molecular weight is 314 g/mol. The van der Waals surface area contributed by atoms with Gasteiger partial charge in [-0.25, -0.2) is 4.79 Å². The van der Waals surface area contributed by atoms with Crippen LogP contribution in [0.2, 0.25) is 0 Å². The molecule has 0 rings (SSSR count). The second-order valence-corrected chi connectivity index (χ2v) is 4.34. The van der Waals surface area contributed by atoms with Crippen LogP contribution in [0.4, 0.5) is 0 Å². The van der Waals surface area contributed by atoms with Crippen molar-refractivity contribution in [3.8, 4) is 0 Å². The van der Waals surface area contributed by atoms with Crippen LogP contribution in [-0.4, -0.2) is 92.0 Å². The molecule has 0 radical (unpaired) electrons. The molecule has 0 aliphatic rings. The third-order valence-corrected chi connectivity index (χ3v) is 2.62. The minimum absolute atomic E-state index is 0. The molecule has 0 fully saturated rings. The molecule has 112 valence electrons. The van der Waals surface area contributed by atoms with E-state index in [0.29, 0.717) is 32.2 Å². The number of nitrogens with one attached hydrogen (secondary N) is 1. The third kappa shape index (κ3) is 13.0. The van der Waals surface area contributed by atoms with Gasteiger partial charge in [0, 0.05) is 12.8 Å². The molecule has 0 aromatic rings. The number of amides is 1. The van der Waals surface area contributed by atoms with Gasteiger partial charge < -0.3 is 21.3 Å². The number of unbranched alkanes of at least 4 members (excludes halogenated alkanes) is 2. The van der Waals surface area contributed by atoms with Gasteiger partial charge >= 0.3 is 63.3 Å². The second kappa shape index (κ2) is 14.0. The van der Waals surface area contributed by atoms with Crippen molar-refractivity contribution >= 4 is 69.2 Å². The number of nitrogens with two attached hydrogens (primary N) is 1. The van der Waals surface area contributed by atoms with Crippen LogP contribution in [0.25, 0.3) is 0 Å². The van der Waals surface area contributed by atoms with E-state index < -0.39 is 18.0 Å². The Morgan fingerprint density at radius 3 is 2.10 bits per heavy atom. The standard InChI is InChI=1S/C12H22N2O5.K.H/c13-8-4-3-5-9(12(18)19)14-10(15)6-1-2-7-11(16)17;;/h9H,1-8,13H2,(H,14,15)(H,16,17)(H,18,19);;/t9-;;/m0../s1. The van der Waals surface area contributed by atoms with Gasteiger partial charge in [0.15, 0.2) is 0 Å². The van der Waals surface area contributed by atoms with E-state index in [9.17, 15) is 14.4 Å². The molecule has 0 aromatic heterocycles. The Bertz CT molecular complexity index is 312. The number of rotatable bonds is 11. The Labute approximate surface area is 161 Å². The molecule has 0 aromatic carbocycles. The van der Waals surface area contributed by atoms with E-state index in [0.717, 1.165) is 6.42 Å². The maximum absolute atomic E-state index is 11.5. The van der Waals surface area contributed by atoms with Crippen molar-refractivity contribution in [2.45, 2.75) is 51.0 Å². The number of hydrogen-bond donors (Lipinski definition) is 4. The van der Waals surface area contributed by atoms with Crippen LogP contribution >= 0.6 is 0 Å². The van der Waals surface area contributed by atoms with Crippen LogP contribution in [0.15, 0.2) is 0 Å². The number of hydrogen-bond acceptors (Lipinski definition) is 4. The summed E-state index contributed by atoms with van der Waals surface area (Å²) in [5.41, 5.74) is 5.31. The molecule has 5 N–H and O–H groups in total. The summed E-state index contributed by atoms with van der Waals surface area (Å²) in [6.07, 6.45) is 2.74. The molecule has 0 spiro atoms. The van der Waals surface area contributed by atoms with Gasteiger partial charge in [-0.2, -0.15) is 0 Å². The first-order valence-electron chi connectivity index (χ1n) is 6.41. The van der Waals surface area contributed by atoms with Crippen LogP contribution in [0.1, 0.15) is 44.9 Å². The number of carbonyl (C=O) groups excluding carboxylic acids is 1. The molecule has 20 heavy (non-hydrogen) atoms. The van der Waals surface area contributed by atoms with Crippen LogP contribution in [0.3, 0.4) is 0 Å². The summed E-state index contributed by atoms with van der Waals surface area (Å²) in [4.78, 5) is 32.7. The summed E-state index contributed by atoms with van der Waals surface area (Å²) in [6, 6.07) is -0.890. The van der Waals surface area contributed by atoms with Gasteiger partial charge in [-0.15, -0.1) is 0 Å². The molecular weight excluding hydrogens is 291 g/mol. The van der Waals surface area contributed by atoms with E-state index >= 15 is 0 Å². The van der Waals surface area contributed by atoms with Crippen molar-refractivity contribution < 1.29 is 24.6 Å². The summed E-state index contributed by atoms with van der Waals surface area (Å²) in [7, 11) is 0. The molecule has 0 saturated heterocycles. The average Bonchev–Trinajstić information content (AvgIpc) is 2.33. The Kier molecular flexibility index (Phi) is 15.6. The molecule has 7 nitrogen and oxygen atoms in total. The van der Waals surface area contributed by atoms with Gasteiger partial charge in [0.25, 0.3) is 0 Å². The molecule has 1 amide bonds. The monoisotopic (exact) mass is 314 g/mol. The number of carboxylic acid groups (broad SMARTS) is 2. The van der Waals surface area contributed by atoms with Crippen LogP contribution in [0.5, 0.6) is 0 Å². The quantitative estimate of drug-likeness (QED) is 0.305. The molecule has 0 aliphatic heterocycles. The van der Waals surface area contributed by atoms with Crippen molar-refractivity contribution in [1.29, 1.82) is 0 Å². The Balaban J connectivity index is 0. The maximum atomic E-state index is 11.5. The first-order chi connectivity index (χ1) is 8.97. The third-order valence-electron chi connectivity index (χ3n) is 2.62. The summed E-state index contributed by atoms with van der Waals surface area (Å²) in [5.74, 6) is -2.31. The topological polar surface area (TPSA) is 130 Å². The fraction of sp³-hybridized carbons (Fsp3) is 0.750. The van der Waals surface area contributed by atoms with E-state index in [1.807, 2.05) is 0 Å². The Hall–Kier alpha value is 0.00636. The van der Waals surface area contributed by atoms with Gasteiger partial charge in [0.1, 0.15) is 6.04 Å². The summed E-state index contributed by atoms with van der Waals surface area (Å²) in [6.45, 7) is 0.496. The van der Waals surface area contributed by atoms with Gasteiger partial charge in [0.05, 0.1) is 0 Å². The first-order valence-corrected chi connectivity index (χ1v) is 6.41. The zero-order valence-corrected chi connectivity index (χ0v) is 10.9. The number of carboxylic acids is 2. The first kappa shape index (κ1) is 22.3. The summed E-state index contributed by atoms with van der Waals surface area (Å²) < 4.78 is 0. The van der Waals surface area contributed by atoms with E-state index in [4.69, 9.17) is 15.9 Å². The van der Waals surface area contributed by atoms with E-state index in [1.165, 1.54) is 0 Å². The molecule has 0 saturated carbocycles. The zero-order valence-electron chi connectivity index (χ0n) is 10.9. The molecule has 0 aliphatic carbocycles. The summed E-state index contributed by atoms with van der Waals surface area (Å²) in [5, 5.41) is 19.8. The molecule has 0 heterocycles. The van der Waals surface area contributed by atoms with E-state index in [-0.39, 0.29) is 70.1 Å². The SMILES string of the molecule is NCCCC[C@H](NC(=O)CCCCC(=O)O)C(=O)O.[KH]. The predicted octanol–water partition coefficient (Wildman–Crippen LogP) is -0.319. The van der Waals surface area contributed by atoms with Crippen molar-refractivity contribution in [2.24, 2.45) is 5.73 Å². The Morgan fingerprint density at radius 2 is 1.60 bits per heavy atom. The fourth-order valence-corrected chi connectivity index (χ4v) is 1.58. The van der Waals surface area contributed by atoms with Crippen LogP contribution < -0.4 is 11.1 Å². The number of carbonyl (C=O) groups is 3. The van der Waals surface area contributed by atoms with Gasteiger partial charge in [-0.1, -0.05) is 0 Å². The summed E-state index contributed by atoms with van der Waals surface area (Å²) >= 11 is 0. The van der Waals surface area contributed by atoms with Crippen LogP contribution in [-0.2, 0) is 14.4 Å². The molecular formula is C12H23KN2O5. The fourth-order valence-electron chi connectivity index (χ4n) is 1.58. The zero-order chi connectivity index (χ0) is 14.7. The minimum atomic E-state index is -1.06. The molecule has 8 heteroatoms. The van der Waals surface area contributed by atoms with Crippen LogP contribution in [0, 0.1) is 0 Å². The van der Waals surface area contributed by atoms with Gasteiger partial charge in [-0.3, -0.25) is 9.59 Å². The van der Waals surface area contributed by atoms with E-state index in [2.05, 4.69) is 5.32 Å². The Morgan fingerprint density at radius 1 is 1.00 bits per heavy atom. The van der Waals surface area contributed by atoms with Crippen molar-refractivity contribution in [3.05, 3.63) is 0 Å². The normalized spacial score (nSPS) is 11.2. The van der Waals surface area contributed by atoms with Crippen molar-refractivity contribution in [3.63, 3.8) is 0 Å². The van der Waals surface area contributed by atoms with E-state index in [1.54, 1.807) is 0 Å². The van der Waals surface area contributed by atoms with Crippen molar-refractivity contribution in [1.82, 2.24) is 5.32 Å². The van der Waals surface area contributed by atoms with Gasteiger partial charge in [-0.05, 0) is 38.6 Å². The van der Waals surface area contributed by atoms with Crippen molar-refractivity contribution in [2.75, 3.05) is 6.54 Å². The molecule has 0 bridgehead atoms. The second-order valence-electron chi connectivity index (χ2n) is 4.34. The predicted molar refractivity (Wildman–Crippen MR) is 75.7 cm³/mol. The number of aliphatic carboxylic acids is 2. The van der Waals surface area contributed by atoms with Gasteiger partial charge in [0.2, 0.25) is 5.91 Å².